The van der Waals surface area contributed by atoms with E-state index in [1.165, 1.54) is 15.9 Å². The van der Waals surface area contributed by atoms with Crippen LogP contribution in [0.25, 0.3) is 0 Å². The lowest BCUT2D eigenvalue weighted by Crippen LogP contribution is -2.66. The van der Waals surface area contributed by atoms with Crippen LogP contribution in [-0.2, 0) is 4.43 Å². The van der Waals surface area contributed by atoms with E-state index in [4.69, 9.17) is 4.43 Å². The summed E-state index contributed by atoms with van der Waals surface area (Å²) in [6.45, 7) is 9.95. The Morgan fingerprint density at radius 3 is 1.84 bits per heavy atom. The molecule has 0 radical (unpaired) electrons. The molecule has 0 unspecified atom stereocenters. The second-order valence-electron chi connectivity index (χ2n) is 7.47. The summed E-state index contributed by atoms with van der Waals surface area (Å²) in [5.74, 6) is 0. The standard InChI is InChI=1S/C22H29IOSi/c1-19(15-17-23)16-18-24-25(22(2,3)4,20-11-7-5-8-12-20)21-13-9-6-10-14-21/h5-15H,16-18H2,1-4H3/b19-15+. The van der Waals surface area contributed by atoms with Crippen LogP contribution in [0.3, 0.4) is 0 Å². The molecule has 0 saturated carbocycles. The molecule has 0 saturated heterocycles. The Bertz CT molecular complexity index is 635. The Balaban J connectivity index is 2.47. The summed E-state index contributed by atoms with van der Waals surface area (Å²) >= 11 is 2.39. The van der Waals surface area contributed by atoms with Gasteiger partial charge < -0.3 is 4.43 Å². The SMILES string of the molecule is C/C(=C\CI)CCO[Si](c1ccccc1)(c1ccccc1)C(C)(C)C. The first-order valence-corrected chi connectivity index (χ1v) is 12.3. The summed E-state index contributed by atoms with van der Waals surface area (Å²) in [4.78, 5) is 0. The molecule has 0 heterocycles. The van der Waals surface area contributed by atoms with Gasteiger partial charge in [0.2, 0.25) is 0 Å². The molecule has 0 aliphatic heterocycles. The molecule has 134 valence electrons. The predicted molar refractivity (Wildman–Crippen MR) is 121 cm³/mol. The van der Waals surface area contributed by atoms with Crippen molar-refractivity contribution >= 4 is 41.3 Å². The van der Waals surface area contributed by atoms with Crippen LogP contribution in [0.4, 0.5) is 0 Å². The lowest BCUT2D eigenvalue weighted by Gasteiger charge is -2.43. The van der Waals surface area contributed by atoms with E-state index >= 15 is 0 Å². The van der Waals surface area contributed by atoms with Gasteiger partial charge >= 0.3 is 0 Å². The maximum Gasteiger partial charge on any atom is 0.261 e. The molecular weight excluding hydrogens is 435 g/mol. The van der Waals surface area contributed by atoms with Crippen molar-refractivity contribution in [3.63, 3.8) is 0 Å². The second-order valence-corrected chi connectivity index (χ2v) is 12.7. The van der Waals surface area contributed by atoms with Crippen LogP contribution in [0.2, 0.25) is 5.04 Å². The first-order chi connectivity index (χ1) is 11.9. The van der Waals surface area contributed by atoms with Crippen molar-refractivity contribution in [3.05, 3.63) is 72.3 Å². The van der Waals surface area contributed by atoms with Crippen molar-refractivity contribution in [1.29, 1.82) is 0 Å². The molecule has 0 N–H and O–H groups in total. The Morgan fingerprint density at radius 1 is 0.960 bits per heavy atom. The summed E-state index contributed by atoms with van der Waals surface area (Å²) in [6.07, 6.45) is 3.28. The van der Waals surface area contributed by atoms with Crippen LogP contribution >= 0.6 is 22.6 Å². The van der Waals surface area contributed by atoms with Gasteiger partial charge in [-0.15, -0.1) is 0 Å². The van der Waals surface area contributed by atoms with Crippen molar-refractivity contribution in [3.8, 4) is 0 Å². The molecule has 2 aromatic carbocycles. The lowest BCUT2D eigenvalue weighted by atomic mass is 10.2. The van der Waals surface area contributed by atoms with Crippen LogP contribution < -0.4 is 10.4 Å². The summed E-state index contributed by atoms with van der Waals surface area (Å²) in [7, 11) is -2.37. The van der Waals surface area contributed by atoms with Gasteiger partial charge in [0.25, 0.3) is 8.32 Å². The first-order valence-electron chi connectivity index (χ1n) is 8.88. The van der Waals surface area contributed by atoms with Gasteiger partial charge in [0.1, 0.15) is 0 Å². The minimum atomic E-state index is -2.37. The van der Waals surface area contributed by atoms with E-state index in [-0.39, 0.29) is 5.04 Å². The Labute approximate surface area is 167 Å². The van der Waals surface area contributed by atoms with Gasteiger partial charge in [0.05, 0.1) is 0 Å². The van der Waals surface area contributed by atoms with Gasteiger partial charge in [-0.2, -0.15) is 0 Å². The summed E-state index contributed by atoms with van der Waals surface area (Å²) in [5.41, 5.74) is 1.41. The maximum absolute atomic E-state index is 6.88. The summed E-state index contributed by atoms with van der Waals surface area (Å²) in [6, 6.07) is 21.7. The number of benzene rings is 2. The van der Waals surface area contributed by atoms with E-state index < -0.39 is 8.32 Å². The minimum absolute atomic E-state index is 0.0522. The van der Waals surface area contributed by atoms with Gasteiger partial charge in [-0.1, -0.05) is 116 Å². The highest BCUT2D eigenvalue weighted by Gasteiger charge is 2.49. The fourth-order valence-corrected chi connectivity index (χ4v) is 8.68. The molecular formula is C22H29IOSi. The third-order valence-corrected chi connectivity index (χ3v) is 10.1. The molecule has 0 atom stereocenters. The normalized spacial score (nSPS) is 13.1. The molecule has 2 aromatic rings. The summed E-state index contributed by atoms with van der Waals surface area (Å²) < 4.78 is 7.94. The van der Waals surface area contributed by atoms with Crippen molar-refractivity contribution < 1.29 is 4.43 Å². The summed E-state index contributed by atoms with van der Waals surface area (Å²) in [5, 5.41) is 2.75. The van der Waals surface area contributed by atoms with Crippen LogP contribution in [0.5, 0.6) is 0 Å². The molecule has 0 fully saturated rings. The molecule has 0 amide bonds. The Kier molecular flexibility index (Phi) is 7.46. The average molecular weight is 464 g/mol. The predicted octanol–water partition coefficient (Wildman–Crippen LogP) is 5.33. The van der Waals surface area contributed by atoms with E-state index in [1.807, 2.05) is 0 Å². The number of hydrogen-bond donors (Lipinski definition) is 0. The van der Waals surface area contributed by atoms with Crippen molar-refractivity contribution in [2.24, 2.45) is 0 Å². The van der Waals surface area contributed by atoms with E-state index in [9.17, 15) is 0 Å². The number of alkyl halides is 1. The highest BCUT2D eigenvalue weighted by molar-refractivity contribution is 14.1. The molecule has 0 spiro atoms. The maximum atomic E-state index is 6.88. The third kappa shape index (κ3) is 4.83. The van der Waals surface area contributed by atoms with Gasteiger partial charge in [0.15, 0.2) is 0 Å². The monoisotopic (exact) mass is 464 g/mol. The zero-order valence-corrected chi connectivity index (χ0v) is 18.9. The zero-order chi connectivity index (χ0) is 18.3. The highest BCUT2D eigenvalue weighted by atomic mass is 127. The van der Waals surface area contributed by atoms with Gasteiger partial charge in [-0.3, -0.25) is 0 Å². The molecule has 3 heteroatoms. The zero-order valence-electron chi connectivity index (χ0n) is 15.8. The molecule has 0 aliphatic rings. The van der Waals surface area contributed by atoms with E-state index in [0.29, 0.717) is 0 Å². The van der Waals surface area contributed by atoms with Crippen LogP contribution in [0.1, 0.15) is 34.1 Å². The number of rotatable bonds is 7. The van der Waals surface area contributed by atoms with Crippen molar-refractivity contribution in [2.45, 2.75) is 39.2 Å². The van der Waals surface area contributed by atoms with Crippen molar-refractivity contribution in [1.82, 2.24) is 0 Å². The average Bonchev–Trinajstić information content (AvgIpc) is 2.59. The molecule has 0 aliphatic carbocycles. The number of hydrogen-bond acceptors (Lipinski definition) is 1. The second kappa shape index (κ2) is 9.15. The van der Waals surface area contributed by atoms with Gasteiger partial charge in [0, 0.05) is 11.0 Å². The molecule has 2 rings (SSSR count). The lowest BCUT2D eigenvalue weighted by molar-refractivity contribution is 0.301. The van der Waals surface area contributed by atoms with Crippen LogP contribution in [0, 0.1) is 0 Å². The van der Waals surface area contributed by atoms with E-state index in [0.717, 1.165) is 17.5 Å². The first kappa shape index (κ1) is 20.4. The Morgan fingerprint density at radius 2 is 1.44 bits per heavy atom. The van der Waals surface area contributed by atoms with Gasteiger partial charge in [-0.05, 0) is 28.8 Å². The largest absolute Gasteiger partial charge is 0.407 e. The number of halogens is 1. The smallest absolute Gasteiger partial charge is 0.261 e. The number of allylic oxidation sites excluding steroid dienone is 1. The van der Waals surface area contributed by atoms with Crippen molar-refractivity contribution in [2.75, 3.05) is 11.0 Å². The van der Waals surface area contributed by atoms with Gasteiger partial charge in [-0.25, -0.2) is 0 Å². The minimum Gasteiger partial charge on any atom is -0.407 e. The van der Waals surface area contributed by atoms with E-state index in [1.54, 1.807) is 0 Å². The van der Waals surface area contributed by atoms with Crippen LogP contribution in [0.15, 0.2) is 72.3 Å². The molecule has 0 aromatic heterocycles. The third-order valence-electron chi connectivity index (χ3n) is 4.66. The quantitative estimate of drug-likeness (QED) is 0.233. The van der Waals surface area contributed by atoms with Crippen LogP contribution in [-0.4, -0.2) is 19.4 Å². The fourth-order valence-electron chi connectivity index (χ4n) is 3.36. The molecule has 0 bridgehead atoms. The topological polar surface area (TPSA) is 9.23 Å². The Hall–Kier alpha value is -0.913. The molecule has 25 heavy (non-hydrogen) atoms. The molecule has 1 nitrogen and oxygen atoms in total. The highest BCUT2D eigenvalue weighted by Crippen LogP contribution is 2.36. The van der Waals surface area contributed by atoms with E-state index in [2.05, 4.69) is 117 Å². The fraction of sp³-hybridized carbons (Fsp3) is 0.364.